The third kappa shape index (κ3) is 6.53. The van der Waals surface area contributed by atoms with Crippen molar-refractivity contribution in [1.82, 2.24) is 5.32 Å². The summed E-state index contributed by atoms with van der Waals surface area (Å²) in [5.74, 6) is 1.52. The number of ether oxygens (including phenoxy) is 3. The van der Waals surface area contributed by atoms with E-state index in [4.69, 9.17) is 25.8 Å². The van der Waals surface area contributed by atoms with Gasteiger partial charge in [-0.1, -0.05) is 11.6 Å². The molecule has 0 atom stereocenters. The third-order valence-corrected chi connectivity index (χ3v) is 4.13. The van der Waals surface area contributed by atoms with E-state index in [9.17, 15) is 4.79 Å². The van der Waals surface area contributed by atoms with Gasteiger partial charge in [-0.2, -0.15) is 0 Å². The zero-order chi connectivity index (χ0) is 20.7. The molecule has 0 aliphatic rings. The van der Waals surface area contributed by atoms with E-state index in [2.05, 4.69) is 10.6 Å². The Balaban J connectivity index is 2.04. The maximum atomic E-state index is 12.0. The Morgan fingerprint density at radius 3 is 2.29 bits per heavy atom. The number of carbonyl (C=O) groups is 1. The van der Waals surface area contributed by atoms with Crippen LogP contribution < -0.4 is 24.8 Å². The van der Waals surface area contributed by atoms with Crippen LogP contribution in [0.5, 0.6) is 17.2 Å². The predicted octanol–water partition coefficient (Wildman–Crippen LogP) is 4.26. The molecule has 2 aromatic rings. The first-order chi connectivity index (χ1) is 13.2. The number of hydrogen-bond donors (Lipinski definition) is 2. The molecule has 0 aromatic heterocycles. The molecule has 152 valence electrons. The number of rotatable bonds is 8. The number of halogens is 1. The van der Waals surface area contributed by atoms with Crippen molar-refractivity contribution in [2.45, 2.75) is 32.9 Å². The van der Waals surface area contributed by atoms with Gasteiger partial charge in [-0.3, -0.25) is 4.79 Å². The van der Waals surface area contributed by atoms with Crippen LogP contribution in [0.25, 0.3) is 0 Å². The summed E-state index contributed by atoms with van der Waals surface area (Å²) in [6, 6.07) is 11.1. The van der Waals surface area contributed by atoms with Crippen LogP contribution in [0.1, 0.15) is 26.3 Å². The van der Waals surface area contributed by atoms with E-state index < -0.39 is 0 Å². The van der Waals surface area contributed by atoms with Crippen molar-refractivity contribution in [2.75, 3.05) is 26.1 Å². The predicted molar refractivity (Wildman–Crippen MR) is 112 cm³/mol. The van der Waals surface area contributed by atoms with E-state index in [1.165, 1.54) is 0 Å². The second-order valence-electron chi connectivity index (χ2n) is 7.26. The normalized spacial score (nSPS) is 10.9. The highest BCUT2D eigenvalue weighted by Crippen LogP contribution is 2.33. The summed E-state index contributed by atoms with van der Waals surface area (Å²) in [5.41, 5.74) is 1.47. The van der Waals surface area contributed by atoms with Crippen molar-refractivity contribution < 1.29 is 19.0 Å². The van der Waals surface area contributed by atoms with Gasteiger partial charge in [-0.25, -0.2) is 0 Å². The van der Waals surface area contributed by atoms with E-state index in [-0.39, 0.29) is 18.1 Å². The molecule has 7 heteroatoms. The molecule has 28 heavy (non-hydrogen) atoms. The van der Waals surface area contributed by atoms with Crippen LogP contribution in [-0.2, 0) is 11.3 Å². The summed E-state index contributed by atoms with van der Waals surface area (Å²) in [6.45, 7) is 6.12. The molecule has 0 heterocycles. The lowest BCUT2D eigenvalue weighted by atomic mass is 10.1. The second-order valence-corrected chi connectivity index (χ2v) is 7.67. The second kappa shape index (κ2) is 9.55. The minimum absolute atomic E-state index is 0.118. The van der Waals surface area contributed by atoms with E-state index in [1.807, 2.05) is 45.0 Å². The quantitative estimate of drug-likeness (QED) is 0.685. The third-order valence-electron chi connectivity index (χ3n) is 3.78. The van der Waals surface area contributed by atoms with Crippen molar-refractivity contribution in [2.24, 2.45) is 0 Å². The highest BCUT2D eigenvalue weighted by Gasteiger charge is 2.16. The van der Waals surface area contributed by atoms with Gasteiger partial charge in [-0.15, -0.1) is 0 Å². The Labute approximate surface area is 171 Å². The SMILES string of the molecule is COc1ccc(NCc2cc(OC)c(OCC(=O)NC(C)(C)C)cc2Cl)cc1. The summed E-state index contributed by atoms with van der Waals surface area (Å²) < 4.78 is 16.2. The van der Waals surface area contributed by atoms with Crippen LogP contribution in [0.15, 0.2) is 36.4 Å². The molecule has 0 saturated carbocycles. The molecule has 2 N–H and O–H groups in total. The minimum Gasteiger partial charge on any atom is -0.497 e. The zero-order valence-corrected chi connectivity index (χ0v) is 17.6. The molecule has 0 unspecified atom stereocenters. The molecule has 2 aromatic carbocycles. The van der Waals surface area contributed by atoms with Gasteiger partial charge in [0.05, 0.1) is 14.2 Å². The molecule has 1 amide bonds. The van der Waals surface area contributed by atoms with Gasteiger partial charge in [0.2, 0.25) is 0 Å². The fourth-order valence-electron chi connectivity index (χ4n) is 2.49. The van der Waals surface area contributed by atoms with Crippen molar-refractivity contribution in [3.8, 4) is 17.2 Å². The molecular formula is C21H27ClN2O4. The Bertz CT molecular complexity index is 801. The van der Waals surface area contributed by atoms with Crippen molar-refractivity contribution in [3.05, 3.63) is 47.0 Å². The van der Waals surface area contributed by atoms with E-state index in [1.54, 1.807) is 26.4 Å². The Morgan fingerprint density at radius 1 is 1.04 bits per heavy atom. The van der Waals surface area contributed by atoms with Crippen LogP contribution in [-0.4, -0.2) is 32.3 Å². The van der Waals surface area contributed by atoms with Crippen molar-refractivity contribution >= 4 is 23.2 Å². The van der Waals surface area contributed by atoms with Gasteiger partial charge < -0.3 is 24.8 Å². The minimum atomic E-state index is -0.320. The van der Waals surface area contributed by atoms with E-state index in [0.717, 1.165) is 17.0 Å². The first-order valence-corrected chi connectivity index (χ1v) is 9.28. The first-order valence-electron chi connectivity index (χ1n) is 8.90. The zero-order valence-electron chi connectivity index (χ0n) is 16.9. The number of nitrogens with one attached hydrogen (secondary N) is 2. The van der Waals surface area contributed by atoms with Gasteiger partial charge in [0.15, 0.2) is 18.1 Å². The van der Waals surface area contributed by atoms with Gasteiger partial charge >= 0.3 is 0 Å². The lowest BCUT2D eigenvalue weighted by Gasteiger charge is -2.21. The molecule has 0 aliphatic heterocycles. The summed E-state index contributed by atoms with van der Waals surface area (Å²) in [5, 5.41) is 6.66. The Hall–Kier alpha value is -2.60. The number of carbonyl (C=O) groups excluding carboxylic acids is 1. The summed E-state index contributed by atoms with van der Waals surface area (Å²) >= 11 is 6.40. The number of anilines is 1. The molecule has 6 nitrogen and oxygen atoms in total. The monoisotopic (exact) mass is 406 g/mol. The smallest absolute Gasteiger partial charge is 0.258 e. The van der Waals surface area contributed by atoms with Gasteiger partial charge in [0, 0.05) is 28.9 Å². The van der Waals surface area contributed by atoms with Crippen LogP contribution in [0.3, 0.4) is 0 Å². The summed E-state index contributed by atoms with van der Waals surface area (Å²) in [4.78, 5) is 12.0. The topological polar surface area (TPSA) is 68.8 Å². The summed E-state index contributed by atoms with van der Waals surface area (Å²) in [7, 11) is 3.18. The van der Waals surface area contributed by atoms with Crippen molar-refractivity contribution in [1.29, 1.82) is 0 Å². The maximum Gasteiger partial charge on any atom is 0.258 e. The number of benzene rings is 2. The molecule has 0 bridgehead atoms. The number of amides is 1. The lowest BCUT2D eigenvalue weighted by molar-refractivity contribution is -0.124. The van der Waals surface area contributed by atoms with Crippen LogP contribution >= 0.6 is 11.6 Å². The largest absolute Gasteiger partial charge is 0.497 e. The lowest BCUT2D eigenvalue weighted by Crippen LogP contribution is -2.43. The molecular weight excluding hydrogens is 380 g/mol. The standard InChI is InChI=1S/C21H27ClN2O4/c1-21(2,3)24-20(25)13-28-19-11-17(22)14(10-18(19)27-5)12-23-15-6-8-16(26-4)9-7-15/h6-11,23H,12-13H2,1-5H3,(H,24,25). The Kier molecular flexibility index (Phi) is 7.40. The van der Waals surface area contributed by atoms with Crippen molar-refractivity contribution in [3.63, 3.8) is 0 Å². The Morgan fingerprint density at radius 2 is 1.71 bits per heavy atom. The van der Waals surface area contributed by atoms with E-state index in [0.29, 0.717) is 23.1 Å². The first kappa shape index (κ1) is 21.7. The van der Waals surface area contributed by atoms with Crippen LogP contribution in [0.2, 0.25) is 5.02 Å². The van der Waals surface area contributed by atoms with E-state index >= 15 is 0 Å². The highest BCUT2D eigenvalue weighted by atomic mass is 35.5. The molecule has 2 rings (SSSR count). The fraction of sp³-hybridized carbons (Fsp3) is 0.381. The molecule has 0 saturated heterocycles. The number of hydrogen-bond acceptors (Lipinski definition) is 5. The fourth-order valence-corrected chi connectivity index (χ4v) is 2.71. The van der Waals surface area contributed by atoms with Gasteiger partial charge in [0.25, 0.3) is 5.91 Å². The van der Waals surface area contributed by atoms with Gasteiger partial charge in [-0.05, 0) is 56.7 Å². The molecule has 0 aliphatic carbocycles. The molecule has 0 fully saturated rings. The average Bonchev–Trinajstić information content (AvgIpc) is 2.64. The number of methoxy groups -OCH3 is 2. The average molecular weight is 407 g/mol. The maximum absolute atomic E-state index is 12.0. The molecule has 0 radical (unpaired) electrons. The van der Waals surface area contributed by atoms with Crippen LogP contribution in [0.4, 0.5) is 5.69 Å². The highest BCUT2D eigenvalue weighted by molar-refractivity contribution is 6.31. The molecule has 0 spiro atoms. The summed E-state index contributed by atoms with van der Waals surface area (Å²) in [6.07, 6.45) is 0. The van der Waals surface area contributed by atoms with Gasteiger partial charge in [0.1, 0.15) is 5.75 Å². The van der Waals surface area contributed by atoms with Crippen LogP contribution in [0, 0.1) is 0 Å².